The molecule has 2 atom stereocenters. The van der Waals surface area contributed by atoms with Crippen molar-refractivity contribution in [2.75, 3.05) is 6.61 Å². The van der Waals surface area contributed by atoms with Crippen LogP contribution >= 0.6 is 0 Å². The van der Waals surface area contributed by atoms with Gasteiger partial charge in [-0.2, -0.15) is 13.2 Å². The van der Waals surface area contributed by atoms with Gasteiger partial charge in [-0.05, 0) is 44.1 Å². The lowest BCUT2D eigenvalue weighted by molar-refractivity contribution is -0.202. The van der Waals surface area contributed by atoms with Crippen molar-refractivity contribution in [2.45, 2.75) is 50.3 Å². The first-order chi connectivity index (χ1) is 9.90. The van der Waals surface area contributed by atoms with E-state index in [1.807, 2.05) is 6.07 Å². The maximum Gasteiger partial charge on any atom is 0.391 e. The molecule has 0 aromatic heterocycles. The molecule has 2 nitrogen and oxygen atoms in total. The highest BCUT2D eigenvalue weighted by molar-refractivity contribution is 5.46. The second-order valence-electron chi connectivity index (χ2n) is 6.11. The Kier molecular flexibility index (Phi) is 3.64. The minimum Gasteiger partial charge on any atom is -0.493 e. The van der Waals surface area contributed by atoms with Crippen molar-refractivity contribution < 1.29 is 23.0 Å². The lowest BCUT2D eigenvalue weighted by Crippen LogP contribution is -2.39. The van der Waals surface area contributed by atoms with E-state index >= 15 is 0 Å². The number of alkyl halides is 3. The van der Waals surface area contributed by atoms with Gasteiger partial charge in [0.2, 0.25) is 0 Å². The summed E-state index contributed by atoms with van der Waals surface area (Å²) in [5.41, 5.74) is 0.0937. The standard InChI is InChI=1S/C16H19F3O2/c17-16(18,19)12-6-2-8-15(20,10-12)13-7-1-4-11-5-3-9-21-14(11)13/h1,4,7,12,20H,2-3,5-6,8-10H2. The molecule has 3 rings (SSSR count). The molecular weight excluding hydrogens is 281 g/mol. The second kappa shape index (κ2) is 5.20. The van der Waals surface area contributed by atoms with Gasteiger partial charge >= 0.3 is 6.18 Å². The van der Waals surface area contributed by atoms with Crippen molar-refractivity contribution in [3.8, 4) is 5.75 Å². The van der Waals surface area contributed by atoms with Gasteiger partial charge in [0, 0.05) is 5.56 Å². The van der Waals surface area contributed by atoms with E-state index in [9.17, 15) is 18.3 Å². The molecule has 1 aliphatic carbocycles. The molecule has 0 amide bonds. The van der Waals surface area contributed by atoms with Crippen LogP contribution in [0.3, 0.4) is 0 Å². The Labute approximate surface area is 121 Å². The number of halogens is 3. The van der Waals surface area contributed by atoms with Crippen LogP contribution in [-0.2, 0) is 12.0 Å². The maximum absolute atomic E-state index is 13.0. The van der Waals surface area contributed by atoms with Gasteiger partial charge in [0.1, 0.15) is 5.75 Å². The summed E-state index contributed by atoms with van der Waals surface area (Å²) in [6.07, 6.45) is -1.92. The van der Waals surface area contributed by atoms with E-state index in [0.29, 0.717) is 30.8 Å². The Morgan fingerprint density at radius 2 is 2.05 bits per heavy atom. The molecule has 2 unspecified atom stereocenters. The van der Waals surface area contributed by atoms with Gasteiger partial charge in [-0.15, -0.1) is 0 Å². The van der Waals surface area contributed by atoms with Crippen LogP contribution < -0.4 is 4.74 Å². The molecule has 1 aromatic rings. The highest BCUT2D eigenvalue weighted by Gasteiger charge is 2.48. The highest BCUT2D eigenvalue weighted by atomic mass is 19.4. The molecule has 0 saturated heterocycles. The minimum absolute atomic E-state index is 0.0989. The average molecular weight is 300 g/mol. The molecule has 2 aliphatic rings. The Morgan fingerprint density at radius 3 is 2.81 bits per heavy atom. The maximum atomic E-state index is 13.0. The van der Waals surface area contributed by atoms with E-state index in [1.54, 1.807) is 12.1 Å². The molecule has 0 radical (unpaired) electrons. The van der Waals surface area contributed by atoms with Gasteiger partial charge in [0.25, 0.3) is 0 Å². The zero-order valence-electron chi connectivity index (χ0n) is 11.7. The molecule has 0 bridgehead atoms. The Balaban J connectivity index is 1.95. The van der Waals surface area contributed by atoms with Crippen LogP contribution in [-0.4, -0.2) is 17.9 Å². The van der Waals surface area contributed by atoms with Crippen molar-refractivity contribution in [1.29, 1.82) is 0 Å². The first-order valence-corrected chi connectivity index (χ1v) is 7.44. The van der Waals surface area contributed by atoms with Gasteiger partial charge in [-0.1, -0.05) is 18.2 Å². The van der Waals surface area contributed by atoms with Crippen LogP contribution in [0.25, 0.3) is 0 Å². The van der Waals surface area contributed by atoms with Gasteiger partial charge < -0.3 is 9.84 Å². The zero-order valence-corrected chi connectivity index (χ0v) is 11.7. The zero-order chi connectivity index (χ0) is 15.1. The third-order valence-electron chi connectivity index (χ3n) is 4.62. The number of rotatable bonds is 1. The van der Waals surface area contributed by atoms with E-state index in [4.69, 9.17) is 4.74 Å². The molecule has 0 spiro atoms. The Morgan fingerprint density at radius 1 is 1.24 bits per heavy atom. The largest absolute Gasteiger partial charge is 0.493 e. The third-order valence-corrected chi connectivity index (χ3v) is 4.62. The predicted molar refractivity (Wildman–Crippen MR) is 72.2 cm³/mol. The molecule has 1 aromatic carbocycles. The van der Waals surface area contributed by atoms with Crippen molar-refractivity contribution in [3.63, 3.8) is 0 Å². The number of para-hydroxylation sites is 1. The van der Waals surface area contributed by atoms with E-state index in [1.165, 1.54) is 0 Å². The van der Waals surface area contributed by atoms with E-state index in [0.717, 1.165) is 18.4 Å². The van der Waals surface area contributed by atoms with Crippen LogP contribution in [0.2, 0.25) is 0 Å². The summed E-state index contributed by atoms with van der Waals surface area (Å²) < 4.78 is 44.6. The van der Waals surface area contributed by atoms with Gasteiger partial charge in [-0.25, -0.2) is 0 Å². The van der Waals surface area contributed by atoms with E-state index in [2.05, 4.69) is 0 Å². The first kappa shape index (κ1) is 14.7. The van der Waals surface area contributed by atoms with Crippen LogP contribution in [0.1, 0.15) is 43.2 Å². The van der Waals surface area contributed by atoms with E-state index < -0.39 is 17.7 Å². The molecule has 1 N–H and O–H groups in total. The monoisotopic (exact) mass is 300 g/mol. The number of fused-ring (bicyclic) bond motifs is 1. The lowest BCUT2D eigenvalue weighted by atomic mass is 9.73. The first-order valence-electron chi connectivity index (χ1n) is 7.44. The molecule has 116 valence electrons. The SMILES string of the molecule is OC1(c2cccc3c2OCCC3)CCCC(C(F)(F)F)C1. The topological polar surface area (TPSA) is 29.5 Å². The summed E-state index contributed by atoms with van der Waals surface area (Å²) in [5.74, 6) is -0.829. The highest BCUT2D eigenvalue weighted by Crippen LogP contribution is 2.49. The number of hydrogen-bond acceptors (Lipinski definition) is 2. The quantitative estimate of drug-likeness (QED) is 0.851. The molecule has 1 saturated carbocycles. The van der Waals surface area contributed by atoms with Crippen LogP contribution in [0.5, 0.6) is 5.75 Å². The number of benzene rings is 1. The van der Waals surface area contributed by atoms with Crippen molar-refractivity contribution in [1.82, 2.24) is 0 Å². The second-order valence-corrected chi connectivity index (χ2v) is 6.11. The summed E-state index contributed by atoms with van der Waals surface area (Å²) in [6, 6.07) is 5.44. The van der Waals surface area contributed by atoms with Crippen molar-refractivity contribution >= 4 is 0 Å². The van der Waals surface area contributed by atoms with E-state index in [-0.39, 0.29) is 12.8 Å². The summed E-state index contributed by atoms with van der Waals surface area (Å²) in [5, 5.41) is 10.9. The molecule has 21 heavy (non-hydrogen) atoms. The van der Waals surface area contributed by atoms with Crippen LogP contribution in [0.4, 0.5) is 13.2 Å². The predicted octanol–water partition coefficient (Wildman–Crippen LogP) is 3.95. The Hall–Kier alpha value is -1.23. The fourth-order valence-electron chi connectivity index (χ4n) is 3.53. The molecule has 5 heteroatoms. The third kappa shape index (κ3) is 2.76. The van der Waals surface area contributed by atoms with Gasteiger partial charge in [-0.3, -0.25) is 0 Å². The molecular formula is C16H19F3O2. The van der Waals surface area contributed by atoms with Crippen LogP contribution in [0.15, 0.2) is 18.2 Å². The Bertz CT molecular complexity index is 527. The molecule has 1 heterocycles. The van der Waals surface area contributed by atoms with Crippen molar-refractivity contribution in [2.24, 2.45) is 5.92 Å². The fraction of sp³-hybridized carbons (Fsp3) is 0.625. The van der Waals surface area contributed by atoms with Gasteiger partial charge in [0.05, 0.1) is 18.1 Å². The number of aryl methyl sites for hydroxylation is 1. The number of aliphatic hydroxyl groups is 1. The van der Waals surface area contributed by atoms with Crippen molar-refractivity contribution in [3.05, 3.63) is 29.3 Å². The smallest absolute Gasteiger partial charge is 0.391 e. The number of hydrogen-bond donors (Lipinski definition) is 1. The lowest BCUT2D eigenvalue weighted by Gasteiger charge is -2.39. The molecule has 1 fully saturated rings. The van der Waals surface area contributed by atoms with Crippen LogP contribution in [0, 0.1) is 5.92 Å². The van der Waals surface area contributed by atoms with Gasteiger partial charge in [0.15, 0.2) is 0 Å². The summed E-state index contributed by atoms with van der Waals surface area (Å²) >= 11 is 0. The molecule has 1 aliphatic heterocycles. The summed E-state index contributed by atoms with van der Waals surface area (Å²) in [7, 11) is 0. The summed E-state index contributed by atoms with van der Waals surface area (Å²) in [6.45, 7) is 0.558. The summed E-state index contributed by atoms with van der Waals surface area (Å²) in [4.78, 5) is 0. The number of ether oxygens (including phenoxy) is 1. The normalized spacial score (nSPS) is 29.6. The fourth-order valence-corrected chi connectivity index (χ4v) is 3.53. The minimum atomic E-state index is -4.25. The average Bonchev–Trinajstić information content (AvgIpc) is 2.46.